The normalized spacial score (nSPS) is 12.0. The number of hydrogen-bond donors (Lipinski definition) is 1. The summed E-state index contributed by atoms with van der Waals surface area (Å²) in [7, 11) is 1.15. The first kappa shape index (κ1) is 11.2. The smallest absolute Gasteiger partial charge is 0.382 e. The summed E-state index contributed by atoms with van der Waals surface area (Å²) in [6.45, 7) is 0.650. The molecule has 0 aromatic carbocycles. The van der Waals surface area contributed by atoms with E-state index < -0.39 is 8.17 Å². The molecule has 0 radical (unpaired) electrons. The van der Waals surface area contributed by atoms with E-state index in [4.69, 9.17) is 9.26 Å². The minimum atomic E-state index is -3.04. The van der Waals surface area contributed by atoms with E-state index in [1.807, 2.05) is 0 Å². The van der Waals surface area contributed by atoms with Gasteiger partial charge in [0.15, 0.2) is 0 Å². The first-order valence-electron chi connectivity index (χ1n) is 3.05. The van der Waals surface area contributed by atoms with Gasteiger partial charge >= 0.3 is 8.17 Å². The predicted molar refractivity (Wildman–Crippen MR) is 41.0 cm³/mol. The van der Waals surface area contributed by atoms with Crippen LogP contribution in [-0.4, -0.2) is 39.4 Å². The Morgan fingerprint density at radius 2 is 1.64 bits per heavy atom. The molecule has 0 aromatic rings. The third-order valence-electron chi connectivity index (χ3n) is 1.00. The van der Waals surface area contributed by atoms with Gasteiger partial charge in [0, 0.05) is 7.11 Å². The molecule has 0 fully saturated rings. The van der Waals surface area contributed by atoms with Crippen LogP contribution in [0.2, 0.25) is 0 Å². The molecular formula is C5H14O5P+. The van der Waals surface area contributed by atoms with Crippen LogP contribution in [0.15, 0.2) is 0 Å². The summed E-state index contributed by atoms with van der Waals surface area (Å²) in [5.41, 5.74) is 0. The minimum absolute atomic E-state index is 0.252. The molecule has 0 rings (SSSR count). The molecule has 0 bridgehead atoms. The van der Waals surface area contributed by atoms with Gasteiger partial charge in [-0.05, 0) is 0 Å². The zero-order chi connectivity index (χ0) is 8.74. The first-order chi connectivity index (χ1) is 5.18. The average molecular weight is 185 g/mol. The van der Waals surface area contributed by atoms with Gasteiger partial charge < -0.3 is 4.74 Å². The molecule has 0 heterocycles. The summed E-state index contributed by atoms with van der Waals surface area (Å²) in [5, 5.41) is 0. The van der Waals surface area contributed by atoms with Crippen molar-refractivity contribution in [1.29, 1.82) is 0 Å². The number of rotatable bonds is 6. The van der Waals surface area contributed by atoms with Gasteiger partial charge in [0.05, 0.1) is 20.8 Å². The molecule has 0 saturated carbocycles. The van der Waals surface area contributed by atoms with Crippen LogP contribution in [0.1, 0.15) is 0 Å². The minimum Gasteiger partial charge on any atom is -0.382 e. The second kappa shape index (κ2) is 5.83. The van der Waals surface area contributed by atoms with Crippen molar-refractivity contribution in [2.75, 3.05) is 34.5 Å². The van der Waals surface area contributed by atoms with Crippen molar-refractivity contribution < 1.29 is 23.2 Å². The highest BCUT2D eigenvalue weighted by Crippen LogP contribution is 2.56. The summed E-state index contributed by atoms with van der Waals surface area (Å²) in [5.74, 6) is 0. The van der Waals surface area contributed by atoms with Crippen LogP contribution in [0.3, 0.4) is 0 Å². The van der Waals surface area contributed by atoms with Crippen LogP contribution in [0.25, 0.3) is 0 Å². The Bertz CT molecular complexity index is 94.9. The van der Waals surface area contributed by atoms with Gasteiger partial charge in [0.2, 0.25) is 0 Å². The Morgan fingerprint density at radius 3 is 2.00 bits per heavy atom. The van der Waals surface area contributed by atoms with Crippen LogP contribution in [0.4, 0.5) is 0 Å². The lowest BCUT2D eigenvalue weighted by atomic mass is 10.8. The fraction of sp³-hybridized carbons (Fsp3) is 1.00. The van der Waals surface area contributed by atoms with Gasteiger partial charge in [0.25, 0.3) is 0 Å². The van der Waals surface area contributed by atoms with E-state index in [0.29, 0.717) is 6.61 Å². The largest absolute Gasteiger partial charge is 0.572 e. The van der Waals surface area contributed by atoms with Gasteiger partial charge in [-0.25, -0.2) is 0 Å². The molecule has 0 aliphatic heterocycles. The van der Waals surface area contributed by atoms with Crippen molar-refractivity contribution >= 4 is 8.17 Å². The van der Waals surface area contributed by atoms with E-state index in [9.17, 15) is 4.89 Å². The maximum absolute atomic E-state index is 9.24. The van der Waals surface area contributed by atoms with Gasteiger partial charge in [0.1, 0.15) is 6.61 Å². The summed E-state index contributed by atoms with van der Waals surface area (Å²) in [4.78, 5) is 9.24. The predicted octanol–water partition coefficient (Wildman–Crippen LogP) is 0.612. The molecule has 0 spiro atoms. The summed E-state index contributed by atoms with van der Waals surface area (Å²) >= 11 is 0. The highest BCUT2D eigenvalue weighted by Gasteiger charge is 2.41. The molecule has 0 saturated heterocycles. The fourth-order valence-corrected chi connectivity index (χ4v) is 1.08. The molecule has 0 aromatic heterocycles. The molecule has 0 unspecified atom stereocenters. The Kier molecular flexibility index (Phi) is 5.95. The third kappa shape index (κ3) is 4.63. The monoisotopic (exact) mass is 185 g/mol. The summed E-state index contributed by atoms with van der Waals surface area (Å²) in [6, 6.07) is 0. The first-order valence-corrected chi connectivity index (χ1v) is 4.55. The molecule has 0 aliphatic rings. The molecule has 1 N–H and O–H groups in total. The fourth-order valence-electron chi connectivity index (χ4n) is 0.416. The van der Waals surface area contributed by atoms with E-state index in [0.717, 1.165) is 0 Å². The van der Waals surface area contributed by atoms with Gasteiger partial charge in [-0.2, -0.15) is 18.5 Å². The Labute approximate surface area is 66.9 Å². The molecule has 0 aliphatic carbocycles. The zero-order valence-corrected chi connectivity index (χ0v) is 7.84. The van der Waals surface area contributed by atoms with Crippen molar-refractivity contribution in [3.05, 3.63) is 0 Å². The molecule has 5 nitrogen and oxygen atoms in total. The van der Waals surface area contributed by atoms with Crippen molar-refractivity contribution in [1.82, 2.24) is 0 Å². The van der Waals surface area contributed by atoms with Crippen LogP contribution in [-0.2, 0) is 18.3 Å². The van der Waals surface area contributed by atoms with Crippen LogP contribution >= 0.6 is 8.17 Å². The molecule has 68 valence electrons. The van der Waals surface area contributed by atoms with E-state index >= 15 is 0 Å². The van der Waals surface area contributed by atoms with Crippen LogP contribution < -0.4 is 0 Å². The number of ether oxygens (including phenoxy) is 1. The SMILES string of the molecule is COCCO[P+](O)(OC)OC. The van der Waals surface area contributed by atoms with E-state index in [1.165, 1.54) is 14.2 Å². The lowest BCUT2D eigenvalue weighted by Crippen LogP contribution is -2.06. The van der Waals surface area contributed by atoms with E-state index in [2.05, 4.69) is 9.05 Å². The zero-order valence-electron chi connectivity index (χ0n) is 6.94. The van der Waals surface area contributed by atoms with Crippen molar-refractivity contribution in [2.24, 2.45) is 0 Å². The van der Waals surface area contributed by atoms with E-state index in [1.54, 1.807) is 7.11 Å². The second-order valence-electron chi connectivity index (χ2n) is 1.66. The summed E-state index contributed by atoms with van der Waals surface area (Å²) < 4.78 is 18.8. The standard InChI is InChI=1S/C5H14O5P/c1-7-4-5-10-11(6,8-2)9-3/h6H,4-5H2,1-3H3/q+1. The Balaban J connectivity index is 3.51. The average Bonchev–Trinajstić information content (AvgIpc) is 2.05. The van der Waals surface area contributed by atoms with Crippen molar-refractivity contribution in [2.45, 2.75) is 0 Å². The van der Waals surface area contributed by atoms with Crippen LogP contribution in [0, 0.1) is 0 Å². The van der Waals surface area contributed by atoms with Gasteiger partial charge in [-0.1, -0.05) is 0 Å². The number of methoxy groups -OCH3 is 1. The molecule has 0 amide bonds. The van der Waals surface area contributed by atoms with Gasteiger partial charge in [-0.3, -0.25) is 0 Å². The Hall–Kier alpha value is 0.230. The maximum Gasteiger partial charge on any atom is 0.572 e. The molecule has 6 heteroatoms. The lowest BCUT2D eigenvalue weighted by Gasteiger charge is -2.09. The molecule has 11 heavy (non-hydrogen) atoms. The highest BCUT2D eigenvalue weighted by molar-refractivity contribution is 7.55. The quantitative estimate of drug-likeness (QED) is 0.485. The van der Waals surface area contributed by atoms with E-state index in [-0.39, 0.29) is 6.61 Å². The summed E-state index contributed by atoms with van der Waals surface area (Å²) in [6.07, 6.45) is 0. The second-order valence-corrected chi connectivity index (χ2v) is 3.59. The van der Waals surface area contributed by atoms with Crippen molar-refractivity contribution in [3.8, 4) is 0 Å². The van der Waals surface area contributed by atoms with Gasteiger partial charge in [-0.15, -0.1) is 0 Å². The third-order valence-corrected chi connectivity index (χ3v) is 2.44. The maximum atomic E-state index is 9.24. The lowest BCUT2D eigenvalue weighted by molar-refractivity contribution is 0.0823. The molecule has 0 atom stereocenters. The topological polar surface area (TPSA) is 57.2 Å². The Morgan fingerprint density at radius 1 is 1.09 bits per heavy atom. The molecular weight excluding hydrogens is 171 g/mol. The van der Waals surface area contributed by atoms with Crippen LogP contribution in [0.5, 0.6) is 0 Å². The number of hydrogen-bond acceptors (Lipinski definition) is 5. The highest BCUT2D eigenvalue weighted by atomic mass is 31.2. The van der Waals surface area contributed by atoms with Crippen molar-refractivity contribution in [3.63, 3.8) is 0 Å².